The number of nitrogens with zero attached hydrogens (tertiary/aromatic N) is 4. The summed E-state index contributed by atoms with van der Waals surface area (Å²) in [4.78, 5) is 14.2. The molecule has 2 aromatic carbocycles. The average molecular weight is 418 g/mol. The number of rotatable bonds is 8. The molecule has 0 atom stereocenters. The highest BCUT2D eigenvalue weighted by atomic mass is 32.2. The monoisotopic (exact) mass is 418 g/mol. The predicted molar refractivity (Wildman–Crippen MR) is 103 cm³/mol. The summed E-state index contributed by atoms with van der Waals surface area (Å²) in [7, 11) is -2.85. The highest BCUT2D eigenvalue weighted by Gasteiger charge is 2.30. The molecule has 0 saturated heterocycles. The summed E-state index contributed by atoms with van der Waals surface area (Å²) in [6.07, 6.45) is 0. The maximum absolute atomic E-state index is 12.8. The number of hydrogen-bond donors (Lipinski definition) is 0. The number of nitro groups is 1. The molecule has 0 unspecified atom stereocenters. The zero-order chi connectivity index (χ0) is 21.0. The molecule has 0 bridgehead atoms. The first-order valence-corrected chi connectivity index (χ1v) is 10.0. The summed E-state index contributed by atoms with van der Waals surface area (Å²) in [6, 6.07) is 12.2. The van der Waals surface area contributed by atoms with Gasteiger partial charge in [0.15, 0.2) is 4.90 Å². The number of aromatic nitrogens is 2. The fourth-order valence-corrected chi connectivity index (χ4v) is 3.85. The van der Waals surface area contributed by atoms with Crippen LogP contribution in [0.3, 0.4) is 0 Å². The van der Waals surface area contributed by atoms with E-state index >= 15 is 0 Å². The van der Waals surface area contributed by atoms with Gasteiger partial charge >= 0.3 is 0 Å². The summed E-state index contributed by atoms with van der Waals surface area (Å²) in [6.45, 7) is 2.19. The number of para-hydroxylation sites is 1. The molecular weight excluding hydrogens is 400 g/mol. The van der Waals surface area contributed by atoms with Gasteiger partial charge in [0.25, 0.3) is 5.69 Å². The van der Waals surface area contributed by atoms with Gasteiger partial charge in [-0.15, -0.1) is 0 Å². The highest BCUT2D eigenvalue weighted by Crippen LogP contribution is 2.27. The normalized spacial score (nSPS) is 11.6. The lowest BCUT2D eigenvalue weighted by atomic mass is 10.2. The minimum absolute atomic E-state index is 0.0542. The molecular formula is C18H18N4O6S. The maximum Gasteiger partial charge on any atom is 0.289 e. The van der Waals surface area contributed by atoms with Gasteiger partial charge in [-0.3, -0.25) is 10.1 Å². The van der Waals surface area contributed by atoms with Gasteiger partial charge < -0.3 is 9.26 Å². The Bertz CT molecular complexity index is 1110. The van der Waals surface area contributed by atoms with Crippen LogP contribution in [0.1, 0.15) is 12.8 Å². The molecule has 3 aromatic rings. The summed E-state index contributed by atoms with van der Waals surface area (Å²) >= 11 is 0. The van der Waals surface area contributed by atoms with E-state index in [9.17, 15) is 18.5 Å². The van der Waals surface area contributed by atoms with Gasteiger partial charge in [0.05, 0.1) is 18.1 Å². The lowest BCUT2D eigenvalue weighted by molar-refractivity contribution is -0.387. The second kappa shape index (κ2) is 8.37. The van der Waals surface area contributed by atoms with Crippen molar-refractivity contribution in [3.63, 3.8) is 0 Å². The van der Waals surface area contributed by atoms with Crippen LogP contribution in [0.2, 0.25) is 0 Å². The van der Waals surface area contributed by atoms with Crippen molar-refractivity contribution in [2.24, 2.45) is 0 Å². The van der Waals surface area contributed by atoms with Gasteiger partial charge in [0.1, 0.15) is 5.75 Å². The number of ether oxygens (including phenoxy) is 1. The van der Waals surface area contributed by atoms with E-state index in [0.717, 1.165) is 10.4 Å². The lowest BCUT2D eigenvalue weighted by Gasteiger charge is -2.14. The van der Waals surface area contributed by atoms with E-state index < -0.39 is 25.5 Å². The molecule has 11 heteroatoms. The van der Waals surface area contributed by atoms with Crippen LogP contribution in [0.5, 0.6) is 5.75 Å². The van der Waals surface area contributed by atoms with Crippen molar-refractivity contribution in [2.75, 3.05) is 13.7 Å². The zero-order valence-electron chi connectivity index (χ0n) is 15.7. The zero-order valence-corrected chi connectivity index (χ0v) is 16.5. The molecule has 0 saturated carbocycles. The van der Waals surface area contributed by atoms with Crippen molar-refractivity contribution in [1.29, 1.82) is 0 Å². The van der Waals surface area contributed by atoms with E-state index in [2.05, 4.69) is 10.1 Å². The Balaban J connectivity index is 1.79. The van der Waals surface area contributed by atoms with Crippen LogP contribution < -0.4 is 4.74 Å². The van der Waals surface area contributed by atoms with Crippen LogP contribution >= 0.6 is 0 Å². The van der Waals surface area contributed by atoms with E-state index in [-0.39, 0.29) is 12.4 Å². The minimum atomic E-state index is -4.13. The van der Waals surface area contributed by atoms with Gasteiger partial charge in [-0.1, -0.05) is 17.3 Å². The first kappa shape index (κ1) is 20.4. The average Bonchev–Trinajstić information content (AvgIpc) is 3.17. The molecule has 3 rings (SSSR count). The topological polar surface area (TPSA) is 129 Å². The fraction of sp³-hybridized carbons (Fsp3) is 0.222. The summed E-state index contributed by atoms with van der Waals surface area (Å²) < 4.78 is 37.0. The van der Waals surface area contributed by atoms with E-state index in [1.807, 2.05) is 6.92 Å². The van der Waals surface area contributed by atoms with Gasteiger partial charge in [0.2, 0.25) is 21.7 Å². The van der Waals surface area contributed by atoms with E-state index in [1.165, 1.54) is 25.2 Å². The molecule has 1 heterocycles. The Kier molecular flexibility index (Phi) is 5.89. The number of hydrogen-bond acceptors (Lipinski definition) is 8. The van der Waals surface area contributed by atoms with Gasteiger partial charge in [-0.2, -0.15) is 9.29 Å². The Morgan fingerprint density at radius 3 is 2.52 bits per heavy atom. The van der Waals surface area contributed by atoms with Crippen LogP contribution in [-0.4, -0.2) is 41.4 Å². The van der Waals surface area contributed by atoms with Crippen LogP contribution in [0.25, 0.3) is 11.4 Å². The molecule has 0 aliphatic rings. The van der Waals surface area contributed by atoms with Crippen molar-refractivity contribution in [3.8, 4) is 17.1 Å². The van der Waals surface area contributed by atoms with E-state index in [1.54, 1.807) is 24.3 Å². The summed E-state index contributed by atoms with van der Waals surface area (Å²) in [5.74, 6) is 1.05. The molecule has 0 N–H and O–H groups in total. The third-order valence-corrected chi connectivity index (χ3v) is 5.85. The van der Waals surface area contributed by atoms with Gasteiger partial charge in [0, 0.05) is 18.7 Å². The summed E-state index contributed by atoms with van der Waals surface area (Å²) in [5.41, 5.74) is 0.174. The minimum Gasteiger partial charge on any atom is -0.494 e. The second-order valence-electron chi connectivity index (χ2n) is 5.96. The Morgan fingerprint density at radius 2 is 1.86 bits per heavy atom. The van der Waals surface area contributed by atoms with Crippen molar-refractivity contribution in [2.45, 2.75) is 18.4 Å². The third-order valence-electron chi connectivity index (χ3n) is 4.00. The van der Waals surface area contributed by atoms with Gasteiger partial charge in [-0.05, 0) is 37.3 Å². The number of sulfonamides is 1. The van der Waals surface area contributed by atoms with Crippen LogP contribution in [0.4, 0.5) is 5.69 Å². The van der Waals surface area contributed by atoms with Crippen molar-refractivity contribution in [3.05, 3.63) is 64.5 Å². The molecule has 29 heavy (non-hydrogen) atoms. The predicted octanol–water partition coefficient (Wildman–Crippen LogP) is 2.86. The molecule has 0 aliphatic heterocycles. The smallest absolute Gasteiger partial charge is 0.289 e. The highest BCUT2D eigenvalue weighted by molar-refractivity contribution is 7.89. The first-order chi connectivity index (χ1) is 13.8. The molecule has 0 amide bonds. The Labute approximate surface area is 166 Å². The van der Waals surface area contributed by atoms with E-state index in [0.29, 0.717) is 23.7 Å². The van der Waals surface area contributed by atoms with Crippen molar-refractivity contribution in [1.82, 2.24) is 14.4 Å². The lowest BCUT2D eigenvalue weighted by Crippen LogP contribution is -2.27. The molecule has 0 aliphatic carbocycles. The first-order valence-electron chi connectivity index (χ1n) is 8.58. The largest absolute Gasteiger partial charge is 0.494 e. The molecule has 152 valence electrons. The number of nitro benzene ring substituents is 1. The van der Waals surface area contributed by atoms with Crippen molar-refractivity contribution < 1.29 is 22.6 Å². The van der Waals surface area contributed by atoms with Crippen LogP contribution in [-0.2, 0) is 16.6 Å². The summed E-state index contributed by atoms with van der Waals surface area (Å²) in [5, 5.41) is 15.0. The molecule has 0 fully saturated rings. The molecule has 10 nitrogen and oxygen atoms in total. The standard InChI is InChI=1S/C18H18N4O6S/c1-3-27-14-10-8-13(9-11-14)18-19-17(28-20-18)12-21(2)29(25,26)16-7-5-4-6-15(16)22(23)24/h4-11H,3,12H2,1-2H3. The van der Waals surface area contributed by atoms with Crippen LogP contribution in [0, 0.1) is 10.1 Å². The van der Waals surface area contributed by atoms with E-state index in [4.69, 9.17) is 9.26 Å². The Morgan fingerprint density at radius 1 is 1.17 bits per heavy atom. The van der Waals surface area contributed by atoms with Crippen molar-refractivity contribution >= 4 is 15.7 Å². The number of benzene rings is 2. The fourth-order valence-electron chi connectivity index (χ4n) is 2.57. The van der Waals surface area contributed by atoms with Gasteiger partial charge in [-0.25, -0.2) is 8.42 Å². The van der Waals surface area contributed by atoms with Crippen LogP contribution in [0.15, 0.2) is 57.9 Å². The second-order valence-corrected chi connectivity index (χ2v) is 7.97. The third kappa shape index (κ3) is 4.41. The SMILES string of the molecule is CCOc1ccc(-c2noc(CN(C)S(=O)(=O)c3ccccc3[N+](=O)[O-])n2)cc1. The Hall–Kier alpha value is -3.31. The molecule has 1 aromatic heterocycles. The maximum atomic E-state index is 12.8. The molecule has 0 spiro atoms. The molecule has 0 radical (unpaired) electrons. The quantitative estimate of drug-likeness (QED) is 0.403.